The average Bonchev–Trinajstić information content (AvgIpc) is 2.29. The summed E-state index contributed by atoms with van der Waals surface area (Å²) in [5, 5.41) is -0.0796. The van der Waals surface area contributed by atoms with Crippen LogP contribution in [0.5, 0.6) is 0 Å². The SMILES string of the molecule is CN(C)C(=NC(=O)c1nc(Cl)c(N)nc1N)N(C)C. The van der Waals surface area contributed by atoms with E-state index in [4.69, 9.17) is 23.1 Å². The van der Waals surface area contributed by atoms with Crippen LogP contribution >= 0.6 is 11.6 Å². The van der Waals surface area contributed by atoms with Gasteiger partial charge in [0.25, 0.3) is 0 Å². The standard InChI is InChI=1S/C10H16ClN7O/c1-17(2)10(18(3)4)16-9(19)5-7(12)15-8(13)6(11)14-5/h1-4H3,(H4,12,13,15). The number of anilines is 2. The number of carbonyl (C=O) groups is 1. The van der Waals surface area contributed by atoms with Gasteiger partial charge in [-0.1, -0.05) is 11.6 Å². The van der Waals surface area contributed by atoms with E-state index in [-0.39, 0.29) is 22.5 Å². The first-order chi connectivity index (χ1) is 8.73. The fourth-order valence-electron chi connectivity index (χ4n) is 1.34. The largest absolute Gasteiger partial charge is 0.382 e. The van der Waals surface area contributed by atoms with Crippen molar-refractivity contribution in [3.8, 4) is 0 Å². The van der Waals surface area contributed by atoms with Crippen molar-refractivity contribution >= 4 is 35.1 Å². The van der Waals surface area contributed by atoms with Crippen molar-refractivity contribution < 1.29 is 4.79 Å². The Bertz CT molecular complexity index is 517. The summed E-state index contributed by atoms with van der Waals surface area (Å²) in [7, 11) is 7.04. The van der Waals surface area contributed by atoms with Crippen LogP contribution in [0.25, 0.3) is 0 Å². The highest BCUT2D eigenvalue weighted by atomic mass is 35.5. The van der Waals surface area contributed by atoms with Gasteiger partial charge in [0, 0.05) is 28.2 Å². The van der Waals surface area contributed by atoms with E-state index < -0.39 is 5.91 Å². The topological polar surface area (TPSA) is 114 Å². The van der Waals surface area contributed by atoms with Gasteiger partial charge in [0.15, 0.2) is 22.5 Å². The number of aliphatic imine (C=N–C) groups is 1. The molecule has 0 saturated carbocycles. The average molecular weight is 286 g/mol. The first-order valence-corrected chi connectivity index (χ1v) is 5.68. The van der Waals surface area contributed by atoms with Gasteiger partial charge in [-0.15, -0.1) is 0 Å². The van der Waals surface area contributed by atoms with E-state index in [2.05, 4.69) is 15.0 Å². The minimum absolute atomic E-state index is 0.0276. The van der Waals surface area contributed by atoms with Crippen LogP contribution in [-0.4, -0.2) is 59.8 Å². The van der Waals surface area contributed by atoms with Crippen LogP contribution in [0.15, 0.2) is 4.99 Å². The molecule has 1 heterocycles. The van der Waals surface area contributed by atoms with Gasteiger partial charge >= 0.3 is 5.91 Å². The normalized spacial score (nSPS) is 9.95. The molecule has 0 fully saturated rings. The molecule has 0 aromatic carbocycles. The molecule has 0 bridgehead atoms. The summed E-state index contributed by atoms with van der Waals surface area (Å²) in [5.41, 5.74) is 10.9. The van der Waals surface area contributed by atoms with E-state index in [0.717, 1.165) is 0 Å². The first kappa shape index (κ1) is 15.0. The van der Waals surface area contributed by atoms with Crippen LogP contribution in [0.3, 0.4) is 0 Å². The fraction of sp³-hybridized carbons (Fsp3) is 0.400. The Morgan fingerprint density at radius 3 is 2.11 bits per heavy atom. The van der Waals surface area contributed by atoms with Gasteiger partial charge in [-0.2, -0.15) is 4.99 Å². The lowest BCUT2D eigenvalue weighted by molar-refractivity contribution is 0.0995. The smallest absolute Gasteiger partial charge is 0.302 e. The van der Waals surface area contributed by atoms with Crippen LogP contribution in [0.2, 0.25) is 5.15 Å². The van der Waals surface area contributed by atoms with Crippen LogP contribution in [0.1, 0.15) is 10.5 Å². The maximum atomic E-state index is 12.0. The summed E-state index contributed by atoms with van der Waals surface area (Å²) in [6, 6.07) is 0. The van der Waals surface area contributed by atoms with Crippen molar-refractivity contribution in [1.29, 1.82) is 0 Å². The number of carbonyl (C=O) groups excluding carboxylic acids is 1. The number of aromatic nitrogens is 2. The van der Waals surface area contributed by atoms with Crippen molar-refractivity contribution in [3.63, 3.8) is 0 Å². The molecule has 104 valence electrons. The lowest BCUT2D eigenvalue weighted by Gasteiger charge is -2.22. The van der Waals surface area contributed by atoms with Crippen LogP contribution in [-0.2, 0) is 0 Å². The number of rotatable bonds is 1. The molecule has 19 heavy (non-hydrogen) atoms. The molecule has 0 aliphatic carbocycles. The molecule has 0 spiro atoms. The molecular weight excluding hydrogens is 270 g/mol. The van der Waals surface area contributed by atoms with Crippen molar-refractivity contribution in [2.75, 3.05) is 39.7 Å². The number of amides is 1. The summed E-state index contributed by atoms with van der Waals surface area (Å²) in [5.74, 6) is -0.323. The van der Waals surface area contributed by atoms with Gasteiger partial charge in [0.1, 0.15) is 0 Å². The quantitative estimate of drug-likeness (QED) is 0.547. The zero-order valence-corrected chi connectivity index (χ0v) is 11.9. The maximum Gasteiger partial charge on any atom is 0.302 e. The van der Waals surface area contributed by atoms with Crippen molar-refractivity contribution in [2.24, 2.45) is 4.99 Å². The van der Waals surface area contributed by atoms with Gasteiger partial charge in [0.2, 0.25) is 5.96 Å². The minimum Gasteiger partial charge on any atom is -0.382 e. The Hall–Kier alpha value is -2.09. The predicted octanol–water partition coefficient (Wildman–Crippen LogP) is -0.0862. The van der Waals surface area contributed by atoms with Crippen LogP contribution in [0.4, 0.5) is 11.6 Å². The summed E-state index contributed by atoms with van der Waals surface area (Å²) in [6.07, 6.45) is 0. The fourth-order valence-corrected chi connectivity index (χ4v) is 1.47. The van der Waals surface area contributed by atoms with Crippen LogP contribution < -0.4 is 11.5 Å². The molecule has 1 rings (SSSR count). The van der Waals surface area contributed by atoms with E-state index in [9.17, 15) is 4.79 Å². The number of hydrogen-bond acceptors (Lipinski definition) is 5. The second-order valence-corrected chi connectivity index (χ2v) is 4.50. The molecule has 9 heteroatoms. The predicted molar refractivity (Wildman–Crippen MR) is 75.0 cm³/mol. The Balaban J connectivity index is 3.21. The van der Waals surface area contributed by atoms with E-state index in [0.29, 0.717) is 5.96 Å². The van der Waals surface area contributed by atoms with Gasteiger partial charge in [0.05, 0.1) is 0 Å². The molecule has 0 atom stereocenters. The molecule has 1 amide bonds. The van der Waals surface area contributed by atoms with E-state index >= 15 is 0 Å². The van der Waals surface area contributed by atoms with Gasteiger partial charge in [-0.3, -0.25) is 4.79 Å². The molecule has 0 radical (unpaired) electrons. The number of nitrogens with two attached hydrogens (primary N) is 2. The van der Waals surface area contributed by atoms with E-state index in [1.165, 1.54) is 0 Å². The monoisotopic (exact) mass is 285 g/mol. The lowest BCUT2D eigenvalue weighted by atomic mass is 10.4. The number of nitrogen functional groups attached to an aromatic ring is 2. The zero-order valence-electron chi connectivity index (χ0n) is 11.2. The van der Waals surface area contributed by atoms with Crippen molar-refractivity contribution in [1.82, 2.24) is 19.8 Å². The molecule has 1 aromatic rings. The van der Waals surface area contributed by atoms with Crippen LogP contribution in [0, 0.1) is 0 Å². The summed E-state index contributed by atoms with van der Waals surface area (Å²) in [4.78, 5) is 26.9. The molecule has 4 N–H and O–H groups in total. The first-order valence-electron chi connectivity index (χ1n) is 5.30. The third-order valence-corrected chi connectivity index (χ3v) is 2.39. The number of halogens is 1. The molecular formula is C10H16ClN7O. The molecule has 0 unspecified atom stereocenters. The highest BCUT2D eigenvalue weighted by molar-refractivity contribution is 6.31. The third kappa shape index (κ3) is 3.44. The van der Waals surface area contributed by atoms with E-state index in [1.807, 2.05) is 0 Å². The number of hydrogen-bond donors (Lipinski definition) is 2. The number of guanidine groups is 1. The van der Waals surface area contributed by atoms with Gasteiger partial charge in [-0.25, -0.2) is 9.97 Å². The molecule has 0 aliphatic rings. The Kier molecular flexibility index (Phi) is 4.49. The highest BCUT2D eigenvalue weighted by Gasteiger charge is 2.17. The summed E-state index contributed by atoms with van der Waals surface area (Å²) in [6.45, 7) is 0. The Morgan fingerprint density at radius 2 is 1.63 bits per heavy atom. The summed E-state index contributed by atoms with van der Waals surface area (Å²) < 4.78 is 0. The minimum atomic E-state index is -0.635. The second kappa shape index (κ2) is 5.70. The van der Waals surface area contributed by atoms with Crippen molar-refractivity contribution in [2.45, 2.75) is 0 Å². The molecule has 1 aromatic heterocycles. The Labute approximate surface area is 116 Å². The lowest BCUT2D eigenvalue weighted by Crippen LogP contribution is -2.36. The second-order valence-electron chi connectivity index (χ2n) is 4.14. The molecule has 0 saturated heterocycles. The van der Waals surface area contributed by atoms with Gasteiger partial charge < -0.3 is 21.3 Å². The zero-order chi connectivity index (χ0) is 14.7. The van der Waals surface area contributed by atoms with Crippen molar-refractivity contribution in [3.05, 3.63) is 10.8 Å². The Morgan fingerprint density at radius 1 is 1.11 bits per heavy atom. The van der Waals surface area contributed by atoms with Gasteiger partial charge in [-0.05, 0) is 0 Å². The maximum absolute atomic E-state index is 12.0. The molecule has 0 aliphatic heterocycles. The van der Waals surface area contributed by atoms with E-state index in [1.54, 1.807) is 38.0 Å². The highest BCUT2D eigenvalue weighted by Crippen LogP contribution is 2.18. The summed E-state index contributed by atoms with van der Waals surface area (Å²) >= 11 is 5.72. The number of nitrogens with zero attached hydrogens (tertiary/aromatic N) is 5. The third-order valence-electron chi connectivity index (χ3n) is 2.11. The molecule has 8 nitrogen and oxygen atoms in total.